The van der Waals surface area contributed by atoms with Gasteiger partial charge in [0.1, 0.15) is 0 Å². The van der Waals surface area contributed by atoms with Crippen LogP contribution in [0.15, 0.2) is 24.3 Å². The maximum absolute atomic E-state index is 12.0. The van der Waals surface area contributed by atoms with Gasteiger partial charge in [0.25, 0.3) is 0 Å². The summed E-state index contributed by atoms with van der Waals surface area (Å²) in [5, 5.41) is 12.0. The second kappa shape index (κ2) is 6.69. The lowest BCUT2D eigenvalue weighted by Gasteiger charge is -2.35. The van der Waals surface area contributed by atoms with Crippen LogP contribution in [0.1, 0.15) is 6.92 Å². The lowest BCUT2D eigenvalue weighted by molar-refractivity contribution is -0.124. The fourth-order valence-electron chi connectivity index (χ4n) is 2.39. The van der Waals surface area contributed by atoms with Gasteiger partial charge in [-0.15, -0.1) is 0 Å². The molecular formula is C14H21N3O3. The molecule has 0 aliphatic carbocycles. The van der Waals surface area contributed by atoms with E-state index < -0.39 is 0 Å². The molecule has 0 spiro atoms. The van der Waals surface area contributed by atoms with Crippen LogP contribution in [-0.2, 0) is 9.53 Å². The number of anilines is 2. The smallest absolute Gasteiger partial charge is 0.238 e. The normalized spacial score (nSPS) is 23.5. The number of ether oxygens (including phenoxy) is 1. The van der Waals surface area contributed by atoms with Gasteiger partial charge in [0.2, 0.25) is 5.91 Å². The Morgan fingerprint density at radius 1 is 1.55 bits per heavy atom. The molecule has 0 saturated carbocycles. The second-order valence-corrected chi connectivity index (χ2v) is 5.12. The van der Waals surface area contributed by atoms with Crippen molar-refractivity contribution in [1.29, 1.82) is 0 Å². The number of hydrogen-bond donors (Lipinski definition) is 3. The van der Waals surface area contributed by atoms with E-state index in [1.165, 1.54) is 0 Å². The Labute approximate surface area is 118 Å². The van der Waals surface area contributed by atoms with E-state index in [1.807, 2.05) is 11.8 Å². The number of nitrogen functional groups attached to an aromatic ring is 1. The highest BCUT2D eigenvalue weighted by Gasteiger charge is 2.25. The van der Waals surface area contributed by atoms with Crippen molar-refractivity contribution in [3.8, 4) is 0 Å². The average Bonchev–Trinajstić information content (AvgIpc) is 2.37. The van der Waals surface area contributed by atoms with Gasteiger partial charge >= 0.3 is 0 Å². The number of hydrogen-bond acceptors (Lipinski definition) is 5. The zero-order valence-corrected chi connectivity index (χ0v) is 11.6. The van der Waals surface area contributed by atoms with Gasteiger partial charge in [0.15, 0.2) is 0 Å². The van der Waals surface area contributed by atoms with Crippen molar-refractivity contribution >= 4 is 17.3 Å². The summed E-state index contributed by atoms with van der Waals surface area (Å²) in [5.74, 6) is -0.0959. The Balaban J connectivity index is 1.87. The number of morpholine rings is 1. The first-order valence-electron chi connectivity index (χ1n) is 6.71. The number of carbonyl (C=O) groups is 1. The Kier molecular flexibility index (Phi) is 4.94. The number of aliphatic hydroxyl groups is 1. The largest absolute Gasteiger partial charge is 0.399 e. The maximum atomic E-state index is 12.0. The molecule has 0 aromatic heterocycles. The minimum absolute atomic E-state index is 0.0149. The van der Waals surface area contributed by atoms with Gasteiger partial charge in [-0.2, -0.15) is 0 Å². The van der Waals surface area contributed by atoms with Gasteiger partial charge in [-0.25, -0.2) is 0 Å². The van der Waals surface area contributed by atoms with E-state index in [0.29, 0.717) is 24.5 Å². The molecule has 0 bridgehead atoms. The summed E-state index contributed by atoms with van der Waals surface area (Å²) < 4.78 is 5.54. The molecule has 2 rings (SSSR count). The Morgan fingerprint density at radius 3 is 3.05 bits per heavy atom. The quantitative estimate of drug-likeness (QED) is 0.689. The molecular weight excluding hydrogens is 258 g/mol. The standard InChI is InChI=1S/C14H21N3O3/c1-10-6-17(7-13(9-18)20-10)8-14(19)16-12-4-2-3-11(15)5-12/h2-5,10,13,18H,6-9,15H2,1H3,(H,16,19). The predicted molar refractivity (Wildman–Crippen MR) is 77.3 cm³/mol. The van der Waals surface area contributed by atoms with E-state index in [2.05, 4.69) is 5.32 Å². The molecule has 1 heterocycles. The molecule has 2 unspecified atom stereocenters. The van der Waals surface area contributed by atoms with Crippen molar-refractivity contribution < 1.29 is 14.6 Å². The zero-order chi connectivity index (χ0) is 14.5. The van der Waals surface area contributed by atoms with Gasteiger partial charge < -0.3 is 20.9 Å². The van der Waals surface area contributed by atoms with Crippen molar-refractivity contribution in [3.05, 3.63) is 24.3 Å². The van der Waals surface area contributed by atoms with Crippen LogP contribution < -0.4 is 11.1 Å². The molecule has 4 N–H and O–H groups in total. The molecule has 1 aromatic rings. The van der Waals surface area contributed by atoms with E-state index in [9.17, 15) is 4.79 Å². The Bertz CT molecular complexity index is 467. The van der Waals surface area contributed by atoms with Crippen LogP contribution >= 0.6 is 0 Å². The predicted octanol–water partition coefficient (Wildman–Crippen LogP) is 0.289. The van der Waals surface area contributed by atoms with Gasteiger partial charge in [0.05, 0.1) is 25.4 Å². The van der Waals surface area contributed by atoms with E-state index in [-0.39, 0.29) is 31.3 Å². The van der Waals surface area contributed by atoms with Crippen LogP contribution in [0.5, 0.6) is 0 Å². The monoisotopic (exact) mass is 279 g/mol. The van der Waals surface area contributed by atoms with Gasteiger partial charge in [-0.05, 0) is 25.1 Å². The van der Waals surface area contributed by atoms with E-state index in [0.717, 1.165) is 0 Å². The fourth-order valence-corrected chi connectivity index (χ4v) is 2.39. The van der Waals surface area contributed by atoms with Crippen molar-refractivity contribution in [2.45, 2.75) is 19.1 Å². The Hall–Kier alpha value is -1.63. The van der Waals surface area contributed by atoms with Crippen molar-refractivity contribution in [2.24, 2.45) is 0 Å². The molecule has 1 aromatic carbocycles. The third-order valence-corrected chi connectivity index (χ3v) is 3.14. The van der Waals surface area contributed by atoms with Gasteiger partial charge in [-0.1, -0.05) is 6.07 Å². The molecule has 2 atom stereocenters. The number of benzene rings is 1. The SMILES string of the molecule is CC1CN(CC(=O)Nc2cccc(N)c2)CC(CO)O1. The summed E-state index contributed by atoms with van der Waals surface area (Å²) in [4.78, 5) is 14.0. The topological polar surface area (TPSA) is 87.8 Å². The molecule has 20 heavy (non-hydrogen) atoms. The minimum atomic E-state index is -0.223. The molecule has 1 aliphatic heterocycles. The van der Waals surface area contributed by atoms with E-state index >= 15 is 0 Å². The first kappa shape index (κ1) is 14.8. The number of nitrogens with one attached hydrogen (secondary N) is 1. The van der Waals surface area contributed by atoms with Crippen LogP contribution in [-0.4, -0.2) is 54.4 Å². The van der Waals surface area contributed by atoms with Gasteiger partial charge in [-0.3, -0.25) is 9.69 Å². The third-order valence-electron chi connectivity index (χ3n) is 3.14. The van der Waals surface area contributed by atoms with Gasteiger partial charge in [0, 0.05) is 24.5 Å². The number of nitrogens with two attached hydrogens (primary N) is 1. The van der Waals surface area contributed by atoms with E-state index in [1.54, 1.807) is 24.3 Å². The molecule has 1 fully saturated rings. The highest BCUT2D eigenvalue weighted by Crippen LogP contribution is 2.13. The maximum Gasteiger partial charge on any atom is 0.238 e. The number of nitrogens with zero attached hydrogens (tertiary/aromatic N) is 1. The van der Waals surface area contributed by atoms with Crippen molar-refractivity contribution in [2.75, 3.05) is 37.3 Å². The van der Waals surface area contributed by atoms with Crippen LogP contribution in [0, 0.1) is 0 Å². The fraction of sp³-hybridized carbons (Fsp3) is 0.500. The Morgan fingerprint density at radius 2 is 2.35 bits per heavy atom. The first-order valence-corrected chi connectivity index (χ1v) is 6.71. The molecule has 1 amide bonds. The molecule has 6 nitrogen and oxygen atoms in total. The molecule has 1 saturated heterocycles. The van der Waals surface area contributed by atoms with Crippen molar-refractivity contribution in [3.63, 3.8) is 0 Å². The highest BCUT2D eigenvalue weighted by molar-refractivity contribution is 5.92. The lowest BCUT2D eigenvalue weighted by Crippen LogP contribution is -2.50. The van der Waals surface area contributed by atoms with Crippen LogP contribution in [0.3, 0.4) is 0 Å². The van der Waals surface area contributed by atoms with Crippen LogP contribution in [0.2, 0.25) is 0 Å². The number of amides is 1. The van der Waals surface area contributed by atoms with Crippen LogP contribution in [0.25, 0.3) is 0 Å². The number of carbonyl (C=O) groups excluding carboxylic acids is 1. The summed E-state index contributed by atoms with van der Waals surface area (Å²) in [6.07, 6.45) is -0.208. The summed E-state index contributed by atoms with van der Waals surface area (Å²) in [7, 11) is 0. The summed E-state index contributed by atoms with van der Waals surface area (Å²) >= 11 is 0. The second-order valence-electron chi connectivity index (χ2n) is 5.12. The molecule has 0 radical (unpaired) electrons. The molecule has 1 aliphatic rings. The number of aliphatic hydroxyl groups excluding tert-OH is 1. The molecule has 6 heteroatoms. The molecule has 110 valence electrons. The highest BCUT2D eigenvalue weighted by atomic mass is 16.5. The zero-order valence-electron chi connectivity index (χ0n) is 11.6. The third kappa shape index (κ3) is 4.19. The van der Waals surface area contributed by atoms with Crippen LogP contribution in [0.4, 0.5) is 11.4 Å². The van der Waals surface area contributed by atoms with Crippen molar-refractivity contribution in [1.82, 2.24) is 4.90 Å². The van der Waals surface area contributed by atoms with E-state index in [4.69, 9.17) is 15.6 Å². The summed E-state index contributed by atoms with van der Waals surface area (Å²) in [6, 6.07) is 7.08. The minimum Gasteiger partial charge on any atom is -0.399 e. The average molecular weight is 279 g/mol. The summed E-state index contributed by atoms with van der Waals surface area (Å²) in [5.41, 5.74) is 6.97. The first-order chi connectivity index (χ1) is 9.56. The summed E-state index contributed by atoms with van der Waals surface area (Å²) in [6.45, 7) is 3.42. The number of rotatable bonds is 4. The lowest BCUT2D eigenvalue weighted by atomic mass is 10.2.